The van der Waals surface area contributed by atoms with Crippen molar-refractivity contribution in [2.45, 2.75) is 25.5 Å². The predicted molar refractivity (Wildman–Crippen MR) is 142 cm³/mol. The number of ketones is 1. The molecule has 34 heavy (non-hydrogen) atoms. The van der Waals surface area contributed by atoms with Crippen LogP contribution in [0.25, 0.3) is 0 Å². The van der Waals surface area contributed by atoms with Crippen LogP contribution in [0.15, 0.2) is 103 Å². The molecule has 0 unspecified atom stereocenters. The van der Waals surface area contributed by atoms with Crippen LogP contribution in [0.4, 0.5) is 0 Å². The molecule has 4 aromatic carbocycles. The van der Waals surface area contributed by atoms with Gasteiger partial charge in [-0.25, -0.2) is 0 Å². The van der Waals surface area contributed by atoms with E-state index in [-0.39, 0.29) is 5.78 Å². The summed E-state index contributed by atoms with van der Waals surface area (Å²) in [5, 5.41) is 1.34. The minimum atomic E-state index is -0.107. The number of hydrogen-bond acceptors (Lipinski definition) is 3. The van der Waals surface area contributed by atoms with Crippen molar-refractivity contribution in [2.24, 2.45) is 0 Å². The lowest BCUT2D eigenvalue weighted by molar-refractivity contribution is 0.101. The first-order chi connectivity index (χ1) is 16.6. The first-order valence-corrected chi connectivity index (χ1v) is 12.3. The lowest BCUT2D eigenvalue weighted by atomic mass is 10.1. The second-order valence-electron chi connectivity index (χ2n) is 7.50. The summed E-state index contributed by atoms with van der Waals surface area (Å²) in [5.41, 5.74) is 3.82. The summed E-state index contributed by atoms with van der Waals surface area (Å²) in [6, 6.07) is 33.2. The van der Waals surface area contributed by atoms with E-state index in [9.17, 15) is 4.79 Å². The number of hydrogen-bond donors (Lipinski definition) is 0. The highest BCUT2D eigenvalue weighted by molar-refractivity contribution is 9.08. The molecule has 0 N–H and O–H groups in total. The van der Waals surface area contributed by atoms with Gasteiger partial charge in [0.05, 0.1) is 10.6 Å². The van der Waals surface area contributed by atoms with Crippen molar-refractivity contribution < 1.29 is 14.3 Å². The smallest absolute Gasteiger partial charge is 0.163 e. The number of carbonyl (C=O) groups is 1. The Morgan fingerprint density at radius 3 is 1.56 bits per heavy atom. The van der Waals surface area contributed by atoms with Gasteiger partial charge >= 0.3 is 0 Å². The summed E-state index contributed by atoms with van der Waals surface area (Å²) >= 11 is 9.65. The van der Waals surface area contributed by atoms with Crippen LogP contribution >= 0.6 is 27.5 Å². The number of alkyl halides is 1. The fourth-order valence-electron chi connectivity index (χ4n) is 3.08. The van der Waals surface area contributed by atoms with Crippen LogP contribution in [0, 0.1) is 0 Å². The maximum atomic E-state index is 11.9. The van der Waals surface area contributed by atoms with E-state index in [1.54, 1.807) is 12.1 Å². The molecule has 3 nitrogen and oxygen atoms in total. The van der Waals surface area contributed by atoms with Crippen LogP contribution in [0.2, 0.25) is 5.02 Å². The van der Waals surface area contributed by atoms with Crippen LogP contribution in [-0.4, -0.2) is 5.78 Å². The summed E-state index contributed by atoms with van der Waals surface area (Å²) in [5.74, 6) is 0.849. The second-order valence-corrected chi connectivity index (χ2v) is 8.47. The van der Waals surface area contributed by atoms with Gasteiger partial charge < -0.3 is 9.47 Å². The van der Waals surface area contributed by atoms with E-state index in [0.717, 1.165) is 16.5 Å². The molecule has 4 aromatic rings. The third-order valence-corrected chi connectivity index (χ3v) is 5.83. The largest absolute Gasteiger partial charge is 0.488 e. The lowest BCUT2D eigenvalue weighted by Crippen LogP contribution is -2.03. The molecule has 174 valence electrons. The van der Waals surface area contributed by atoms with Gasteiger partial charge in [0.1, 0.15) is 24.7 Å². The monoisotopic (exact) mass is 536 g/mol. The normalized spacial score (nSPS) is 10.1. The van der Waals surface area contributed by atoms with Crippen molar-refractivity contribution >= 4 is 33.3 Å². The van der Waals surface area contributed by atoms with Crippen LogP contribution in [0.5, 0.6) is 11.5 Å². The van der Waals surface area contributed by atoms with Gasteiger partial charge in [0, 0.05) is 11.4 Å². The van der Waals surface area contributed by atoms with Gasteiger partial charge in [-0.05, 0) is 29.7 Å². The highest BCUT2D eigenvalue weighted by Crippen LogP contribution is 2.34. The molecule has 0 aliphatic carbocycles. The Morgan fingerprint density at radius 2 is 1.15 bits per heavy atom. The molecule has 0 bridgehead atoms. The molecular formula is C29H26BrClO3. The molecule has 0 aliphatic rings. The van der Waals surface area contributed by atoms with Gasteiger partial charge in [0.25, 0.3) is 0 Å². The summed E-state index contributed by atoms with van der Waals surface area (Å²) in [6.07, 6.45) is 0. The van der Waals surface area contributed by atoms with Crippen molar-refractivity contribution in [3.05, 3.63) is 130 Å². The molecular weight excluding hydrogens is 512 g/mol. The molecule has 0 saturated heterocycles. The van der Waals surface area contributed by atoms with E-state index in [2.05, 4.69) is 28.1 Å². The minimum Gasteiger partial charge on any atom is -0.488 e. The lowest BCUT2D eigenvalue weighted by Gasteiger charge is -2.14. The molecule has 0 fully saturated rings. The zero-order valence-electron chi connectivity index (χ0n) is 18.9. The Labute approximate surface area is 214 Å². The molecule has 0 atom stereocenters. The van der Waals surface area contributed by atoms with Gasteiger partial charge in [0.2, 0.25) is 0 Å². The average molecular weight is 538 g/mol. The topological polar surface area (TPSA) is 35.5 Å². The SMILES string of the molecule is BrCc1ccccc1.CC(=O)c1cc(Cl)c(OCc2ccccc2)cc1OCc1ccccc1. The Bertz CT molecular complexity index is 1170. The van der Waals surface area contributed by atoms with Crippen molar-refractivity contribution in [1.29, 1.82) is 0 Å². The van der Waals surface area contributed by atoms with Crippen LogP contribution in [0.3, 0.4) is 0 Å². The Morgan fingerprint density at radius 1 is 0.706 bits per heavy atom. The summed E-state index contributed by atoms with van der Waals surface area (Å²) in [7, 11) is 0. The van der Waals surface area contributed by atoms with Crippen LogP contribution in [-0.2, 0) is 18.5 Å². The summed E-state index contributed by atoms with van der Waals surface area (Å²) in [4.78, 5) is 11.9. The van der Waals surface area contributed by atoms with Gasteiger partial charge in [-0.2, -0.15) is 0 Å². The van der Waals surface area contributed by atoms with E-state index in [1.165, 1.54) is 12.5 Å². The Kier molecular flexibility index (Phi) is 10.2. The number of Topliss-reactive ketones (excluding diaryl/α,β-unsaturated/α-hetero) is 1. The molecule has 0 radical (unpaired) electrons. The fraction of sp³-hybridized carbons (Fsp3) is 0.138. The molecule has 0 amide bonds. The van der Waals surface area contributed by atoms with Crippen molar-refractivity contribution in [3.63, 3.8) is 0 Å². The van der Waals surface area contributed by atoms with Crippen molar-refractivity contribution in [2.75, 3.05) is 0 Å². The molecule has 0 aliphatic heterocycles. The first-order valence-electron chi connectivity index (χ1n) is 10.8. The molecule has 0 saturated carbocycles. The minimum absolute atomic E-state index is 0.107. The number of halogens is 2. The van der Waals surface area contributed by atoms with Gasteiger partial charge in [-0.1, -0.05) is 119 Å². The molecule has 0 heterocycles. The number of ether oxygens (including phenoxy) is 2. The van der Waals surface area contributed by atoms with Crippen LogP contribution in [0.1, 0.15) is 34.0 Å². The van der Waals surface area contributed by atoms with E-state index in [0.29, 0.717) is 35.3 Å². The molecule has 0 spiro atoms. The average Bonchev–Trinajstić information content (AvgIpc) is 2.89. The standard InChI is InChI=1S/C22H19ClO3.C7H7Br/c1-16(24)19-12-20(23)22(26-15-18-10-6-3-7-11-18)13-21(19)25-14-17-8-4-2-5-9-17;8-6-7-4-2-1-3-5-7/h2-13H,14-15H2,1H3;1-5H,6H2. The number of rotatable bonds is 8. The maximum absolute atomic E-state index is 11.9. The van der Waals surface area contributed by atoms with Gasteiger partial charge in [-0.15, -0.1) is 0 Å². The number of benzene rings is 4. The molecule has 0 aromatic heterocycles. The van der Waals surface area contributed by atoms with Gasteiger partial charge in [-0.3, -0.25) is 4.79 Å². The first kappa shape index (κ1) is 25.5. The summed E-state index contributed by atoms with van der Waals surface area (Å²) < 4.78 is 11.7. The molecule has 4 rings (SSSR count). The fourth-order valence-corrected chi connectivity index (χ4v) is 3.67. The second kappa shape index (κ2) is 13.6. The van der Waals surface area contributed by atoms with E-state index < -0.39 is 0 Å². The predicted octanol–water partition coefficient (Wildman–Crippen LogP) is 8.28. The third kappa shape index (κ3) is 8.05. The van der Waals surface area contributed by atoms with E-state index in [1.807, 2.05) is 78.9 Å². The van der Waals surface area contributed by atoms with Crippen molar-refractivity contribution in [1.82, 2.24) is 0 Å². The number of carbonyl (C=O) groups excluding carboxylic acids is 1. The van der Waals surface area contributed by atoms with E-state index >= 15 is 0 Å². The quantitative estimate of drug-likeness (QED) is 0.168. The summed E-state index contributed by atoms with van der Waals surface area (Å²) in [6.45, 7) is 2.24. The van der Waals surface area contributed by atoms with Crippen LogP contribution < -0.4 is 9.47 Å². The van der Waals surface area contributed by atoms with Gasteiger partial charge in [0.15, 0.2) is 5.78 Å². The maximum Gasteiger partial charge on any atom is 0.163 e. The Balaban J connectivity index is 0.000000343. The highest BCUT2D eigenvalue weighted by atomic mass is 79.9. The third-order valence-electron chi connectivity index (χ3n) is 4.88. The zero-order chi connectivity index (χ0) is 24.2. The Hall–Kier alpha value is -3.08. The van der Waals surface area contributed by atoms with E-state index in [4.69, 9.17) is 21.1 Å². The van der Waals surface area contributed by atoms with Crippen molar-refractivity contribution in [3.8, 4) is 11.5 Å². The molecule has 5 heteroatoms. The highest BCUT2D eigenvalue weighted by Gasteiger charge is 2.15. The zero-order valence-corrected chi connectivity index (χ0v) is 21.3.